The van der Waals surface area contributed by atoms with Crippen molar-refractivity contribution in [3.8, 4) is 0 Å². The quantitative estimate of drug-likeness (QED) is 0.827. The number of hydrogen-bond donors (Lipinski definition) is 2. The second-order valence-corrected chi connectivity index (χ2v) is 6.76. The first kappa shape index (κ1) is 19.9. The Morgan fingerprint density at radius 2 is 1.79 bits per heavy atom. The van der Waals surface area contributed by atoms with Gasteiger partial charge in [0.25, 0.3) is 0 Å². The van der Waals surface area contributed by atoms with Crippen molar-refractivity contribution in [3.05, 3.63) is 71.8 Å². The van der Waals surface area contributed by atoms with Crippen LogP contribution in [-0.4, -0.2) is 43.7 Å². The molecule has 2 amide bonds. The summed E-state index contributed by atoms with van der Waals surface area (Å²) in [6.45, 7) is 3.61. The number of nitrogens with one attached hydrogen (secondary N) is 2. The van der Waals surface area contributed by atoms with Crippen LogP contribution in [-0.2, 0) is 6.18 Å². The van der Waals surface area contributed by atoms with Crippen molar-refractivity contribution >= 4 is 17.8 Å². The van der Waals surface area contributed by atoms with Crippen LogP contribution in [0.25, 0.3) is 6.08 Å². The van der Waals surface area contributed by atoms with Gasteiger partial charge in [-0.05, 0) is 29.8 Å². The Bertz CT molecular complexity index is 813. The molecular formula is C21H23F3N3O+. The molecule has 1 heterocycles. The number of rotatable bonds is 4. The van der Waals surface area contributed by atoms with Crippen LogP contribution in [0.3, 0.4) is 0 Å². The summed E-state index contributed by atoms with van der Waals surface area (Å²) in [5.41, 5.74) is 0.533. The topological polar surface area (TPSA) is 36.8 Å². The Morgan fingerprint density at radius 3 is 2.46 bits per heavy atom. The molecule has 148 valence electrons. The summed E-state index contributed by atoms with van der Waals surface area (Å²) in [6.07, 6.45) is -0.217. The molecule has 0 radical (unpaired) electrons. The highest BCUT2D eigenvalue weighted by Crippen LogP contribution is 2.30. The number of urea groups is 1. The lowest BCUT2D eigenvalue weighted by molar-refractivity contribution is -0.898. The number of quaternary nitrogens is 1. The second kappa shape index (κ2) is 8.93. The zero-order valence-electron chi connectivity index (χ0n) is 15.4. The normalized spacial score (nSPS) is 15.8. The van der Waals surface area contributed by atoms with Crippen molar-refractivity contribution in [2.75, 3.05) is 38.0 Å². The summed E-state index contributed by atoms with van der Waals surface area (Å²) < 4.78 is 38.3. The largest absolute Gasteiger partial charge is 0.416 e. The van der Waals surface area contributed by atoms with Gasteiger partial charge in [0.1, 0.15) is 0 Å². The molecule has 1 aliphatic rings. The fraction of sp³-hybridized carbons (Fsp3) is 0.286. The van der Waals surface area contributed by atoms with Crippen LogP contribution in [0.2, 0.25) is 0 Å². The number of hydrogen-bond acceptors (Lipinski definition) is 1. The van der Waals surface area contributed by atoms with E-state index in [9.17, 15) is 18.0 Å². The molecule has 28 heavy (non-hydrogen) atoms. The van der Waals surface area contributed by atoms with Gasteiger partial charge in [-0.1, -0.05) is 42.5 Å². The van der Waals surface area contributed by atoms with E-state index in [1.54, 1.807) is 4.90 Å². The lowest BCUT2D eigenvalue weighted by atomic mass is 10.2. The van der Waals surface area contributed by atoms with Crippen molar-refractivity contribution < 1.29 is 22.9 Å². The van der Waals surface area contributed by atoms with E-state index in [1.165, 1.54) is 17.0 Å². The fourth-order valence-corrected chi connectivity index (χ4v) is 3.13. The summed E-state index contributed by atoms with van der Waals surface area (Å²) in [6, 6.07) is 14.4. The van der Waals surface area contributed by atoms with Gasteiger partial charge in [0.2, 0.25) is 0 Å². The van der Waals surface area contributed by atoms with Crippen LogP contribution in [0.15, 0.2) is 60.7 Å². The molecule has 1 aliphatic heterocycles. The minimum Gasteiger partial charge on any atom is -0.329 e. The van der Waals surface area contributed by atoms with Crippen LogP contribution >= 0.6 is 0 Å². The SMILES string of the molecule is O=C(Nc1cccc(C(F)(F)F)c1)N1CC[NH+](C/C=C/c2ccccc2)CC1. The monoisotopic (exact) mass is 390 g/mol. The number of alkyl halides is 3. The average molecular weight is 390 g/mol. The van der Waals surface area contributed by atoms with E-state index in [-0.39, 0.29) is 11.7 Å². The number of nitrogens with zero attached hydrogens (tertiary/aromatic N) is 1. The Labute approximate surface area is 162 Å². The van der Waals surface area contributed by atoms with Crippen LogP contribution in [0.4, 0.5) is 23.7 Å². The van der Waals surface area contributed by atoms with Crippen molar-refractivity contribution in [1.29, 1.82) is 0 Å². The van der Waals surface area contributed by atoms with Crippen LogP contribution in [0.5, 0.6) is 0 Å². The molecule has 0 saturated carbocycles. The molecule has 0 aromatic heterocycles. The third-order valence-corrected chi connectivity index (χ3v) is 4.72. The van der Waals surface area contributed by atoms with Crippen molar-refractivity contribution in [2.24, 2.45) is 0 Å². The predicted molar refractivity (Wildman–Crippen MR) is 103 cm³/mol. The van der Waals surface area contributed by atoms with Gasteiger partial charge >= 0.3 is 12.2 Å². The third kappa shape index (κ3) is 5.60. The number of benzene rings is 2. The van der Waals surface area contributed by atoms with E-state index in [1.807, 2.05) is 30.3 Å². The highest BCUT2D eigenvalue weighted by atomic mass is 19.4. The zero-order valence-corrected chi connectivity index (χ0v) is 15.4. The Balaban J connectivity index is 1.47. The highest BCUT2D eigenvalue weighted by Gasteiger charge is 2.30. The first-order valence-electron chi connectivity index (χ1n) is 9.20. The van der Waals surface area contributed by atoms with E-state index in [2.05, 4.69) is 17.5 Å². The molecule has 2 N–H and O–H groups in total. The molecule has 3 rings (SSSR count). The van der Waals surface area contributed by atoms with Gasteiger partial charge in [0, 0.05) is 5.69 Å². The third-order valence-electron chi connectivity index (χ3n) is 4.72. The first-order chi connectivity index (χ1) is 13.4. The van der Waals surface area contributed by atoms with Gasteiger partial charge < -0.3 is 15.1 Å². The molecule has 0 bridgehead atoms. The van der Waals surface area contributed by atoms with Gasteiger partial charge in [0.05, 0.1) is 38.3 Å². The maximum atomic E-state index is 12.8. The van der Waals surface area contributed by atoms with E-state index in [0.717, 1.165) is 37.3 Å². The Kier molecular flexibility index (Phi) is 6.36. The summed E-state index contributed by atoms with van der Waals surface area (Å²) in [5, 5.41) is 2.57. The lowest BCUT2D eigenvalue weighted by Crippen LogP contribution is -3.14. The van der Waals surface area contributed by atoms with Gasteiger partial charge in [-0.3, -0.25) is 0 Å². The van der Waals surface area contributed by atoms with Crippen LogP contribution in [0.1, 0.15) is 11.1 Å². The first-order valence-corrected chi connectivity index (χ1v) is 9.20. The molecule has 2 aromatic carbocycles. The summed E-state index contributed by atoms with van der Waals surface area (Å²) in [7, 11) is 0. The second-order valence-electron chi connectivity index (χ2n) is 6.76. The Hall–Kier alpha value is -2.80. The lowest BCUT2D eigenvalue weighted by Gasteiger charge is -2.31. The molecule has 7 heteroatoms. The van der Waals surface area contributed by atoms with Crippen molar-refractivity contribution in [1.82, 2.24) is 4.90 Å². The fourth-order valence-electron chi connectivity index (χ4n) is 3.13. The van der Waals surface area contributed by atoms with Crippen molar-refractivity contribution in [3.63, 3.8) is 0 Å². The number of piperazine rings is 1. The highest BCUT2D eigenvalue weighted by molar-refractivity contribution is 5.89. The van der Waals surface area contributed by atoms with Gasteiger partial charge in [0.15, 0.2) is 0 Å². The minimum atomic E-state index is -4.43. The molecule has 0 spiro atoms. The zero-order chi connectivity index (χ0) is 20.0. The number of amides is 2. The number of carbonyl (C=O) groups excluding carboxylic acids is 1. The maximum absolute atomic E-state index is 12.8. The molecule has 1 saturated heterocycles. The van der Waals surface area contributed by atoms with Crippen LogP contribution in [0, 0.1) is 0 Å². The summed E-state index contributed by atoms with van der Waals surface area (Å²) in [5.74, 6) is 0. The summed E-state index contributed by atoms with van der Waals surface area (Å²) in [4.78, 5) is 15.4. The molecule has 4 nitrogen and oxygen atoms in total. The van der Waals surface area contributed by atoms with E-state index >= 15 is 0 Å². The molecular weight excluding hydrogens is 367 g/mol. The average Bonchev–Trinajstić information content (AvgIpc) is 2.69. The van der Waals surface area contributed by atoms with Crippen LogP contribution < -0.4 is 10.2 Å². The molecule has 0 atom stereocenters. The maximum Gasteiger partial charge on any atom is 0.416 e. The molecule has 0 unspecified atom stereocenters. The molecule has 1 fully saturated rings. The number of carbonyl (C=O) groups is 1. The van der Waals surface area contributed by atoms with Gasteiger partial charge in [-0.25, -0.2) is 4.79 Å². The van der Waals surface area contributed by atoms with E-state index < -0.39 is 11.7 Å². The number of anilines is 1. The minimum absolute atomic E-state index is 0.153. The van der Waals surface area contributed by atoms with Gasteiger partial charge in [-0.15, -0.1) is 0 Å². The van der Waals surface area contributed by atoms with E-state index in [0.29, 0.717) is 13.1 Å². The predicted octanol–water partition coefficient (Wildman–Crippen LogP) is 3.15. The Morgan fingerprint density at radius 1 is 1.07 bits per heavy atom. The van der Waals surface area contributed by atoms with Crippen molar-refractivity contribution in [2.45, 2.75) is 6.18 Å². The standard InChI is InChI=1S/C21H22F3N3O/c22-21(23,24)18-9-4-10-19(16-18)25-20(28)27-14-12-26(13-15-27)11-5-8-17-6-2-1-3-7-17/h1-10,16H,11-15H2,(H,25,28)/p+1/b8-5+. The summed E-state index contributed by atoms with van der Waals surface area (Å²) >= 11 is 0. The molecule has 2 aromatic rings. The van der Waals surface area contributed by atoms with E-state index in [4.69, 9.17) is 0 Å². The molecule has 0 aliphatic carbocycles. The smallest absolute Gasteiger partial charge is 0.329 e. The van der Waals surface area contributed by atoms with Gasteiger partial charge in [-0.2, -0.15) is 13.2 Å². The number of halogens is 3.